The number of carbonyl (C=O) groups is 2. The third-order valence-electron chi connectivity index (χ3n) is 5.43. The van der Waals surface area contributed by atoms with Gasteiger partial charge in [0.05, 0.1) is 5.75 Å². The van der Waals surface area contributed by atoms with E-state index in [4.69, 9.17) is 0 Å². The zero-order valence-electron chi connectivity index (χ0n) is 19.1. The van der Waals surface area contributed by atoms with E-state index in [0.29, 0.717) is 51.1 Å². The monoisotopic (exact) mass is 452 g/mol. The molecule has 1 heterocycles. The molecule has 0 spiro atoms. The van der Waals surface area contributed by atoms with Crippen molar-refractivity contribution in [2.24, 2.45) is 5.92 Å². The highest BCUT2D eigenvalue weighted by Crippen LogP contribution is 2.19. The van der Waals surface area contributed by atoms with E-state index in [-0.39, 0.29) is 29.7 Å². The van der Waals surface area contributed by atoms with Crippen LogP contribution < -0.4 is 10.0 Å². The largest absolute Gasteiger partial charge is 0.352 e. The van der Waals surface area contributed by atoms with E-state index in [9.17, 15) is 18.0 Å². The van der Waals surface area contributed by atoms with Gasteiger partial charge >= 0.3 is 6.03 Å². The van der Waals surface area contributed by atoms with Gasteiger partial charge in [-0.25, -0.2) is 17.9 Å². The fourth-order valence-corrected chi connectivity index (χ4v) is 5.17. The highest BCUT2D eigenvalue weighted by atomic mass is 32.2. The number of sulfonamides is 1. The van der Waals surface area contributed by atoms with Crippen molar-refractivity contribution in [3.63, 3.8) is 0 Å². The van der Waals surface area contributed by atoms with Crippen molar-refractivity contribution in [3.8, 4) is 0 Å². The van der Waals surface area contributed by atoms with E-state index < -0.39 is 10.0 Å². The Kier molecular flexibility index (Phi) is 9.31. The summed E-state index contributed by atoms with van der Waals surface area (Å²) in [4.78, 5) is 28.6. The summed E-state index contributed by atoms with van der Waals surface area (Å²) in [5.74, 6) is -0.155. The van der Waals surface area contributed by atoms with Crippen molar-refractivity contribution in [1.29, 1.82) is 0 Å². The molecule has 0 atom stereocenters. The fraction of sp³-hybridized carbons (Fsp3) is 0.636. The zero-order valence-corrected chi connectivity index (χ0v) is 19.9. The van der Waals surface area contributed by atoms with Crippen molar-refractivity contribution in [3.05, 3.63) is 35.4 Å². The van der Waals surface area contributed by atoms with Crippen molar-refractivity contribution >= 4 is 22.0 Å². The third kappa shape index (κ3) is 7.81. The van der Waals surface area contributed by atoms with Gasteiger partial charge < -0.3 is 15.1 Å². The Morgan fingerprint density at radius 3 is 2.13 bits per heavy atom. The van der Waals surface area contributed by atoms with Gasteiger partial charge in [-0.05, 0) is 51.7 Å². The van der Waals surface area contributed by atoms with Crippen molar-refractivity contribution in [2.45, 2.75) is 58.9 Å². The molecule has 1 aromatic rings. The van der Waals surface area contributed by atoms with Crippen LogP contribution in [0.15, 0.2) is 24.3 Å². The molecule has 8 nitrogen and oxygen atoms in total. The average Bonchev–Trinajstić information content (AvgIpc) is 2.72. The van der Waals surface area contributed by atoms with Crippen LogP contribution in [0.25, 0.3) is 0 Å². The molecule has 1 aromatic carbocycles. The number of rotatable bonds is 9. The Labute approximate surface area is 186 Å². The lowest BCUT2D eigenvalue weighted by Gasteiger charge is -2.34. The first-order valence-electron chi connectivity index (χ1n) is 11.0. The van der Waals surface area contributed by atoms with Gasteiger partial charge in [-0.3, -0.25) is 4.79 Å². The maximum Gasteiger partial charge on any atom is 0.319 e. The van der Waals surface area contributed by atoms with Crippen LogP contribution in [0.4, 0.5) is 4.79 Å². The number of urea groups is 1. The fourth-order valence-electron chi connectivity index (χ4n) is 3.73. The predicted octanol–water partition coefficient (Wildman–Crippen LogP) is 2.30. The molecule has 1 fully saturated rings. The molecule has 3 amide bonds. The number of piperidine rings is 1. The summed E-state index contributed by atoms with van der Waals surface area (Å²) >= 11 is 0. The summed E-state index contributed by atoms with van der Waals surface area (Å²) in [6.07, 6.45) is 1.33. The summed E-state index contributed by atoms with van der Waals surface area (Å²) in [5.41, 5.74) is 1.62. The molecule has 9 heteroatoms. The van der Waals surface area contributed by atoms with E-state index in [1.165, 1.54) is 0 Å². The first-order valence-corrected chi connectivity index (χ1v) is 12.7. The molecule has 1 aliphatic heterocycles. The minimum Gasteiger partial charge on any atom is -0.352 e. The average molecular weight is 453 g/mol. The van der Waals surface area contributed by atoms with E-state index in [1.807, 2.05) is 30.9 Å². The van der Waals surface area contributed by atoms with Gasteiger partial charge in [0.2, 0.25) is 15.9 Å². The van der Waals surface area contributed by atoms with Gasteiger partial charge in [0, 0.05) is 44.7 Å². The number of hydrogen-bond acceptors (Lipinski definition) is 4. The molecular formula is C22H36N4O4S. The summed E-state index contributed by atoms with van der Waals surface area (Å²) in [5, 5.41) is 2.97. The second kappa shape index (κ2) is 11.5. The molecule has 2 N–H and O–H groups in total. The van der Waals surface area contributed by atoms with Gasteiger partial charge in [0.25, 0.3) is 0 Å². The lowest BCUT2D eigenvalue weighted by Crippen LogP contribution is -2.48. The van der Waals surface area contributed by atoms with E-state index >= 15 is 0 Å². The van der Waals surface area contributed by atoms with Crippen LogP contribution in [0.5, 0.6) is 0 Å². The van der Waals surface area contributed by atoms with Crippen LogP contribution in [-0.4, -0.2) is 62.4 Å². The predicted molar refractivity (Wildman–Crippen MR) is 122 cm³/mol. The molecule has 2 rings (SSSR count). The standard InChI is InChI=1S/C22H36N4O4S/c1-5-25(6-2)22(28)26-13-11-20(12-14-26)21(27)23-15-18-7-9-19(10-8-18)16-31(29,30)24-17(3)4/h7-10,17,20,24H,5-6,11-16H2,1-4H3,(H,23,27). The van der Waals surface area contributed by atoms with Crippen LogP contribution in [0.2, 0.25) is 0 Å². The first kappa shape index (κ1) is 25.1. The molecule has 1 aliphatic rings. The Morgan fingerprint density at radius 2 is 1.61 bits per heavy atom. The van der Waals surface area contributed by atoms with Crippen LogP contribution in [0.3, 0.4) is 0 Å². The van der Waals surface area contributed by atoms with Gasteiger partial charge in [0.15, 0.2) is 0 Å². The van der Waals surface area contributed by atoms with Crippen molar-refractivity contribution in [1.82, 2.24) is 19.8 Å². The topological polar surface area (TPSA) is 98.8 Å². The molecule has 0 aromatic heterocycles. The van der Waals surface area contributed by atoms with E-state index in [2.05, 4.69) is 10.0 Å². The highest BCUT2D eigenvalue weighted by Gasteiger charge is 2.28. The third-order valence-corrected chi connectivity index (χ3v) is 6.98. The number of likely N-dealkylation sites (tertiary alicyclic amines) is 1. The minimum atomic E-state index is -3.36. The molecule has 0 saturated carbocycles. The Balaban J connectivity index is 1.80. The Morgan fingerprint density at radius 1 is 1.06 bits per heavy atom. The SMILES string of the molecule is CCN(CC)C(=O)N1CCC(C(=O)NCc2ccc(CS(=O)(=O)NC(C)C)cc2)CC1. The highest BCUT2D eigenvalue weighted by molar-refractivity contribution is 7.88. The number of benzene rings is 1. The van der Waals surface area contributed by atoms with Gasteiger partial charge in [-0.2, -0.15) is 0 Å². The Hall–Kier alpha value is -2.13. The second-order valence-electron chi connectivity index (χ2n) is 8.28. The molecule has 31 heavy (non-hydrogen) atoms. The number of nitrogens with zero attached hydrogens (tertiary/aromatic N) is 2. The van der Waals surface area contributed by atoms with E-state index in [0.717, 1.165) is 5.56 Å². The van der Waals surface area contributed by atoms with Crippen LogP contribution >= 0.6 is 0 Å². The van der Waals surface area contributed by atoms with Gasteiger partial charge in [-0.1, -0.05) is 24.3 Å². The molecule has 0 unspecified atom stereocenters. The minimum absolute atomic E-state index is 0.00252. The second-order valence-corrected chi connectivity index (χ2v) is 10.0. The first-order chi connectivity index (χ1) is 14.6. The summed E-state index contributed by atoms with van der Waals surface area (Å²) < 4.78 is 26.6. The van der Waals surface area contributed by atoms with E-state index in [1.54, 1.807) is 30.9 Å². The maximum atomic E-state index is 12.5. The molecule has 0 bridgehead atoms. The summed E-state index contributed by atoms with van der Waals surface area (Å²) in [6.45, 7) is 10.5. The van der Waals surface area contributed by atoms with Crippen LogP contribution in [0, 0.1) is 5.92 Å². The van der Waals surface area contributed by atoms with Crippen molar-refractivity contribution in [2.75, 3.05) is 26.2 Å². The lowest BCUT2D eigenvalue weighted by molar-refractivity contribution is -0.126. The number of nitrogens with one attached hydrogen (secondary N) is 2. The van der Waals surface area contributed by atoms with Crippen LogP contribution in [-0.2, 0) is 27.1 Å². The number of amides is 3. The molecule has 174 valence electrons. The quantitative estimate of drug-likeness (QED) is 0.601. The molecule has 0 radical (unpaired) electrons. The lowest BCUT2D eigenvalue weighted by atomic mass is 9.96. The van der Waals surface area contributed by atoms with Crippen LogP contribution in [0.1, 0.15) is 51.7 Å². The van der Waals surface area contributed by atoms with Gasteiger partial charge in [-0.15, -0.1) is 0 Å². The van der Waals surface area contributed by atoms with Gasteiger partial charge in [0.1, 0.15) is 0 Å². The normalized spacial score (nSPS) is 15.2. The molecule has 0 aliphatic carbocycles. The summed E-state index contributed by atoms with van der Waals surface area (Å²) in [7, 11) is -3.36. The maximum absolute atomic E-state index is 12.5. The molecule has 1 saturated heterocycles. The number of carbonyl (C=O) groups excluding carboxylic acids is 2. The Bertz CT molecular complexity index is 828. The van der Waals surface area contributed by atoms with Crippen molar-refractivity contribution < 1.29 is 18.0 Å². The number of hydrogen-bond donors (Lipinski definition) is 2. The summed E-state index contributed by atoms with van der Waals surface area (Å²) in [6, 6.07) is 7.14. The zero-order chi connectivity index (χ0) is 23.0. The molecular weight excluding hydrogens is 416 g/mol. The smallest absolute Gasteiger partial charge is 0.319 e.